The summed E-state index contributed by atoms with van der Waals surface area (Å²) < 4.78 is 5.47. The standard InChI is InChI=1S/C13H20N2O3/c1-4-11(8-16)15-13(17)10-5-12(7-14-6-10)18-9(2)3/h5-7,9,11,16H,4,8H2,1-3H3,(H,15,17). The van der Waals surface area contributed by atoms with Gasteiger partial charge in [-0.15, -0.1) is 0 Å². The summed E-state index contributed by atoms with van der Waals surface area (Å²) in [5.74, 6) is 0.312. The summed E-state index contributed by atoms with van der Waals surface area (Å²) in [5, 5.41) is 11.8. The fourth-order valence-electron chi connectivity index (χ4n) is 1.43. The number of pyridine rings is 1. The summed E-state index contributed by atoms with van der Waals surface area (Å²) in [7, 11) is 0. The van der Waals surface area contributed by atoms with Gasteiger partial charge in [0.1, 0.15) is 5.75 Å². The molecule has 0 bridgehead atoms. The zero-order valence-electron chi connectivity index (χ0n) is 11.0. The Hall–Kier alpha value is -1.62. The first-order valence-corrected chi connectivity index (χ1v) is 6.10. The molecule has 0 fully saturated rings. The number of carbonyl (C=O) groups excluding carboxylic acids is 1. The Kier molecular flexibility index (Phi) is 5.58. The minimum Gasteiger partial charge on any atom is -0.489 e. The van der Waals surface area contributed by atoms with Crippen LogP contribution >= 0.6 is 0 Å². The summed E-state index contributed by atoms with van der Waals surface area (Å²) >= 11 is 0. The van der Waals surface area contributed by atoms with Crippen molar-refractivity contribution in [1.82, 2.24) is 10.3 Å². The highest BCUT2D eigenvalue weighted by Gasteiger charge is 2.12. The summed E-state index contributed by atoms with van der Waals surface area (Å²) in [6.45, 7) is 5.65. The number of hydrogen-bond donors (Lipinski definition) is 2. The van der Waals surface area contributed by atoms with Gasteiger partial charge in [-0.05, 0) is 26.3 Å². The third kappa shape index (κ3) is 4.33. The van der Waals surface area contributed by atoms with Crippen molar-refractivity contribution in [3.05, 3.63) is 24.0 Å². The van der Waals surface area contributed by atoms with Gasteiger partial charge in [0, 0.05) is 6.20 Å². The molecule has 1 unspecified atom stereocenters. The van der Waals surface area contributed by atoms with Crippen LogP contribution in [0.1, 0.15) is 37.6 Å². The molecular formula is C13H20N2O3. The van der Waals surface area contributed by atoms with Gasteiger partial charge < -0.3 is 15.2 Å². The van der Waals surface area contributed by atoms with E-state index in [9.17, 15) is 4.79 Å². The van der Waals surface area contributed by atoms with Crippen molar-refractivity contribution in [2.75, 3.05) is 6.61 Å². The van der Waals surface area contributed by atoms with Gasteiger partial charge in [0.15, 0.2) is 0 Å². The van der Waals surface area contributed by atoms with Crippen LogP contribution in [0.2, 0.25) is 0 Å². The first-order valence-electron chi connectivity index (χ1n) is 6.10. The molecule has 1 aromatic heterocycles. The Morgan fingerprint density at radius 3 is 2.78 bits per heavy atom. The minimum atomic E-state index is -0.252. The fraction of sp³-hybridized carbons (Fsp3) is 0.538. The number of aliphatic hydroxyl groups excluding tert-OH is 1. The zero-order valence-corrected chi connectivity index (χ0v) is 11.0. The average Bonchev–Trinajstić information content (AvgIpc) is 2.35. The predicted molar refractivity (Wildman–Crippen MR) is 68.6 cm³/mol. The van der Waals surface area contributed by atoms with Gasteiger partial charge >= 0.3 is 0 Å². The molecule has 100 valence electrons. The van der Waals surface area contributed by atoms with Crippen molar-refractivity contribution in [3.8, 4) is 5.75 Å². The number of aromatic nitrogens is 1. The highest BCUT2D eigenvalue weighted by molar-refractivity contribution is 5.94. The highest BCUT2D eigenvalue weighted by atomic mass is 16.5. The molecule has 0 spiro atoms. The molecule has 1 amide bonds. The molecule has 1 rings (SSSR count). The molecule has 0 aromatic carbocycles. The third-order valence-electron chi connectivity index (χ3n) is 2.40. The monoisotopic (exact) mass is 252 g/mol. The third-order valence-corrected chi connectivity index (χ3v) is 2.40. The average molecular weight is 252 g/mol. The molecular weight excluding hydrogens is 232 g/mol. The maximum atomic E-state index is 11.9. The quantitative estimate of drug-likeness (QED) is 0.802. The molecule has 0 saturated carbocycles. The number of aliphatic hydroxyl groups is 1. The molecule has 1 atom stereocenters. The molecule has 0 radical (unpaired) electrons. The SMILES string of the molecule is CCC(CO)NC(=O)c1cncc(OC(C)C)c1. The maximum absolute atomic E-state index is 11.9. The molecule has 0 saturated heterocycles. The van der Waals surface area contributed by atoms with E-state index in [0.29, 0.717) is 17.7 Å². The summed E-state index contributed by atoms with van der Waals surface area (Å²) in [6, 6.07) is 1.42. The fourth-order valence-corrected chi connectivity index (χ4v) is 1.43. The Morgan fingerprint density at radius 1 is 1.50 bits per heavy atom. The molecule has 18 heavy (non-hydrogen) atoms. The molecule has 1 aromatic rings. The van der Waals surface area contributed by atoms with Crippen LogP contribution in [-0.4, -0.2) is 34.8 Å². The number of nitrogens with one attached hydrogen (secondary N) is 1. The van der Waals surface area contributed by atoms with Crippen LogP contribution in [-0.2, 0) is 0 Å². The largest absolute Gasteiger partial charge is 0.489 e. The van der Waals surface area contributed by atoms with E-state index in [0.717, 1.165) is 0 Å². The summed E-state index contributed by atoms with van der Waals surface area (Å²) in [4.78, 5) is 15.9. The molecule has 0 aliphatic heterocycles. The minimum absolute atomic E-state index is 0.0333. The molecule has 5 nitrogen and oxygen atoms in total. The normalized spacial score (nSPS) is 12.3. The van der Waals surface area contributed by atoms with Crippen LogP contribution in [0.25, 0.3) is 0 Å². The molecule has 1 heterocycles. The van der Waals surface area contributed by atoms with Gasteiger partial charge in [-0.2, -0.15) is 0 Å². The van der Waals surface area contributed by atoms with Gasteiger partial charge in [-0.25, -0.2) is 0 Å². The molecule has 5 heteroatoms. The van der Waals surface area contributed by atoms with Crippen LogP contribution in [0.15, 0.2) is 18.5 Å². The van der Waals surface area contributed by atoms with Crippen LogP contribution in [0, 0.1) is 0 Å². The first kappa shape index (κ1) is 14.4. The molecule has 2 N–H and O–H groups in total. The van der Waals surface area contributed by atoms with Crippen molar-refractivity contribution in [2.24, 2.45) is 0 Å². The van der Waals surface area contributed by atoms with E-state index >= 15 is 0 Å². The maximum Gasteiger partial charge on any atom is 0.253 e. The lowest BCUT2D eigenvalue weighted by Gasteiger charge is -2.14. The summed E-state index contributed by atoms with van der Waals surface area (Å²) in [6.07, 6.45) is 3.76. The van der Waals surface area contributed by atoms with E-state index in [1.165, 1.54) is 6.20 Å². The van der Waals surface area contributed by atoms with E-state index < -0.39 is 0 Å². The van der Waals surface area contributed by atoms with Gasteiger partial charge in [0.25, 0.3) is 5.91 Å². The number of nitrogens with zero attached hydrogens (tertiary/aromatic N) is 1. The topological polar surface area (TPSA) is 71.5 Å². The second-order valence-electron chi connectivity index (χ2n) is 4.34. The van der Waals surface area contributed by atoms with E-state index in [1.807, 2.05) is 20.8 Å². The summed E-state index contributed by atoms with van der Waals surface area (Å²) in [5.41, 5.74) is 0.431. The van der Waals surface area contributed by atoms with Crippen LogP contribution in [0.5, 0.6) is 5.75 Å². The van der Waals surface area contributed by atoms with Crippen molar-refractivity contribution in [2.45, 2.75) is 39.3 Å². The highest BCUT2D eigenvalue weighted by Crippen LogP contribution is 2.13. The lowest BCUT2D eigenvalue weighted by atomic mass is 10.2. The van der Waals surface area contributed by atoms with Crippen molar-refractivity contribution in [1.29, 1.82) is 0 Å². The second-order valence-corrected chi connectivity index (χ2v) is 4.34. The smallest absolute Gasteiger partial charge is 0.253 e. The number of carbonyl (C=O) groups is 1. The first-order chi connectivity index (χ1) is 8.56. The number of rotatable bonds is 6. The molecule has 0 aliphatic rings. The zero-order chi connectivity index (χ0) is 13.5. The van der Waals surface area contributed by atoms with E-state index in [1.54, 1.807) is 12.3 Å². The Bertz CT molecular complexity index is 390. The lowest BCUT2D eigenvalue weighted by molar-refractivity contribution is 0.0913. The number of ether oxygens (including phenoxy) is 1. The Morgan fingerprint density at radius 2 is 2.22 bits per heavy atom. The van der Waals surface area contributed by atoms with Gasteiger partial charge in [0.2, 0.25) is 0 Å². The van der Waals surface area contributed by atoms with Crippen molar-refractivity contribution in [3.63, 3.8) is 0 Å². The predicted octanol–water partition coefficient (Wildman–Crippen LogP) is 1.37. The van der Waals surface area contributed by atoms with E-state index in [-0.39, 0.29) is 24.7 Å². The number of amides is 1. The van der Waals surface area contributed by atoms with Crippen molar-refractivity contribution < 1.29 is 14.6 Å². The van der Waals surface area contributed by atoms with E-state index in [2.05, 4.69) is 10.3 Å². The van der Waals surface area contributed by atoms with Crippen LogP contribution < -0.4 is 10.1 Å². The van der Waals surface area contributed by atoms with Gasteiger partial charge in [0.05, 0.1) is 30.5 Å². The lowest BCUT2D eigenvalue weighted by Crippen LogP contribution is -2.36. The van der Waals surface area contributed by atoms with E-state index in [4.69, 9.17) is 9.84 Å². The Labute approximate surface area is 107 Å². The van der Waals surface area contributed by atoms with Gasteiger partial charge in [-0.1, -0.05) is 6.92 Å². The van der Waals surface area contributed by atoms with Crippen LogP contribution in [0.4, 0.5) is 0 Å². The van der Waals surface area contributed by atoms with Crippen LogP contribution in [0.3, 0.4) is 0 Å². The number of hydrogen-bond acceptors (Lipinski definition) is 4. The second kappa shape index (κ2) is 6.96. The molecule has 0 aliphatic carbocycles. The Balaban J connectivity index is 2.73. The van der Waals surface area contributed by atoms with Crippen molar-refractivity contribution >= 4 is 5.91 Å². The van der Waals surface area contributed by atoms with Gasteiger partial charge in [-0.3, -0.25) is 9.78 Å².